The number of aliphatic hydroxyl groups excluding tert-OH is 1. The molecule has 36 heavy (non-hydrogen) atoms. The third-order valence-corrected chi connectivity index (χ3v) is 5.95. The van der Waals surface area contributed by atoms with E-state index in [4.69, 9.17) is 9.47 Å². The molecule has 0 rings (SSSR count). The lowest BCUT2D eigenvalue weighted by Gasteiger charge is -2.15. The zero-order valence-electron chi connectivity index (χ0n) is 23.3. The van der Waals surface area contributed by atoms with Crippen molar-refractivity contribution >= 4 is 11.9 Å². The highest BCUT2D eigenvalue weighted by Gasteiger charge is 2.16. The first-order chi connectivity index (χ1) is 17.6. The van der Waals surface area contributed by atoms with E-state index in [9.17, 15) is 14.7 Å². The zero-order chi connectivity index (χ0) is 26.5. The van der Waals surface area contributed by atoms with Crippen molar-refractivity contribution in [3.63, 3.8) is 0 Å². The van der Waals surface area contributed by atoms with Gasteiger partial charge in [-0.1, -0.05) is 108 Å². The number of allylic oxidation sites excluding steroid dienone is 6. The van der Waals surface area contributed by atoms with Gasteiger partial charge in [-0.05, 0) is 44.9 Å². The summed E-state index contributed by atoms with van der Waals surface area (Å²) in [6, 6.07) is 0. The number of hydrogen-bond acceptors (Lipinski definition) is 5. The van der Waals surface area contributed by atoms with Crippen LogP contribution in [0.15, 0.2) is 36.5 Å². The molecule has 0 aliphatic rings. The summed E-state index contributed by atoms with van der Waals surface area (Å²) in [5.74, 6) is -0.621. The fraction of sp³-hybridized carbons (Fsp3) is 0.742. The molecule has 0 saturated heterocycles. The fourth-order valence-corrected chi connectivity index (χ4v) is 3.74. The highest BCUT2D eigenvalue weighted by Crippen LogP contribution is 2.11. The molecule has 0 saturated carbocycles. The molecule has 1 N–H and O–H groups in total. The molecule has 208 valence electrons. The Bertz CT molecular complexity index is 594. The third-order valence-electron chi connectivity index (χ3n) is 5.95. The molecule has 0 aliphatic heterocycles. The minimum absolute atomic E-state index is 0.0709. The summed E-state index contributed by atoms with van der Waals surface area (Å²) in [6.07, 6.45) is 30.8. The van der Waals surface area contributed by atoms with Crippen LogP contribution >= 0.6 is 0 Å². The number of rotatable bonds is 25. The van der Waals surface area contributed by atoms with E-state index in [1.54, 1.807) is 0 Å². The molecular formula is C31H54O5. The summed E-state index contributed by atoms with van der Waals surface area (Å²) in [7, 11) is 0. The molecule has 0 spiro atoms. The van der Waals surface area contributed by atoms with Gasteiger partial charge in [0, 0.05) is 12.8 Å². The van der Waals surface area contributed by atoms with Gasteiger partial charge in [-0.3, -0.25) is 9.59 Å². The van der Waals surface area contributed by atoms with Gasteiger partial charge >= 0.3 is 11.9 Å². The van der Waals surface area contributed by atoms with Gasteiger partial charge in [0.15, 0.2) is 6.10 Å². The third kappa shape index (κ3) is 25.2. The number of hydrogen-bond donors (Lipinski definition) is 1. The molecule has 0 aromatic carbocycles. The van der Waals surface area contributed by atoms with Gasteiger partial charge in [-0.25, -0.2) is 0 Å². The number of carbonyl (C=O) groups is 2. The summed E-state index contributed by atoms with van der Waals surface area (Å²) in [5.41, 5.74) is 0. The van der Waals surface area contributed by atoms with Gasteiger partial charge in [-0.2, -0.15) is 0 Å². The molecule has 0 radical (unpaired) electrons. The molecule has 0 amide bonds. The highest BCUT2D eigenvalue weighted by atomic mass is 16.6. The van der Waals surface area contributed by atoms with Crippen LogP contribution in [0.4, 0.5) is 0 Å². The van der Waals surface area contributed by atoms with Gasteiger partial charge in [0.25, 0.3) is 0 Å². The van der Waals surface area contributed by atoms with Gasteiger partial charge in [0.1, 0.15) is 6.61 Å². The topological polar surface area (TPSA) is 72.8 Å². The number of unbranched alkanes of at least 4 members (excludes halogenated alkanes) is 11. The first-order valence-electron chi connectivity index (χ1n) is 14.5. The van der Waals surface area contributed by atoms with Crippen molar-refractivity contribution in [1.29, 1.82) is 0 Å². The van der Waals surface area contributed by atoms with Crippen LogP contribution in [0, 0.1) is 0 Å². The van der Waals surface area contributed by atoms with Crippen molar-refractivity contribution in [3.8, 4) is 0 Å². The average molecular weight is 507 g/mol. The van der Waals surface area contributed by atoms with E-state index in [1.165, 1.54) is 38.5 Å². The highest BCUT2D eigenvalue weighted by molar-refractivity contribution is 5.70. The van der Waals surface area contributed by atoms with E-state index < -0.39 is 6.10 Å². The molecular weight excluding hydrogens is 452 g/mol. The van der Waals surface area contributed by atoms with E-state index in [0.29, 0.717) is 12.8 Å². The second-order valence-electron chi connectivity index (χ2n) is 9.45. The lowest BCUT2D eigenvalue weighted by atomic mass is 10.1. The second-order valence-corrected chi connectivity index (χ2v) is 9.45. The fourth-order valence-electron chi connectivity index (χ4n) is 3.74. The van der Waals surface area contributed by atoms with Crippen LogP contribution in [0.3, 0.4) is 0 Å². The second kappa shape index (κ2) is 27.7. The van der Waals surface area contributed by atoms with Crippen LogP contribution in [0.5, 0.6) is 0 Å². The van der Waals surface area contributed by atoms with Crippen molar-refractivity contribution in [1.82, 2.24) is 0 Å². The maximum Gasteiger partial charge on any atom is 0.306 e. The molecule has 0 aromatic rings. The lowest BCUT2D eigenvalue weighted by Crippen LogP contribution is -2.28. The molecule has 5 heteroatoms. The normalized spacial score (nSPS) is 12.6. The quantitative estimate of drug-likeness (QED) is 0.0768. The van der Waals surface area contributed by atoms with Gasteiger partial charge in [0.2, 0.25) is 0 Å². The summed E-state index contributed by atoms with van der Waals surface area (Å²) < 4.78 is 10.4. The predicted molar refractivity (Wildman–Crippen MR) is 150 cm³/mol. The van der Waals surface area contributed by atoms with Crippen LogP contribution in [0.2, 0.25) is 0 Å². The van der Waals surface area contributed by atoms with Crippen LogP contribution in [0.1, 0.15) is 129 Å². The molecule has 0 fully saturated rings. The minimum atomic E-state index is -0.769. The first-order valence-corrected chi connectivity index (χ1v) is 14.5. The Morgan fingerprint density at radius 1 is 0.667 bits per heavy atom. The Balaban J connectivity index is 3.59. The summed E-state index contributed by atoms with van der Waals surface area (Å²) >= 11 is 0. The van der Waals surface area contributed by atoms with Gasteiger partial charge in [0.05, 0.1) is 6.61 Å². The average Bonchev–Trinajstić information content (AvgIpc) is 2.88. The van der Waals surface area contributed by atoms with E-state index in [-0.39, 0.29) is 25.2 Å². The van der Waals surface area contributed by atoms with Crippen molar-refractivity contribution in [2.75, 3.05) is 13.2 Å². The molecule has 1 atom stereocenters. The number of ether oxygens (including phenoxy) is 2. The Morgan fingerprint density at radius 3 is 1.81 bits per heavy atom. The zero-order valence-corrected chi connectivity index (χ0v) is 23.3. The number of carbonyl (C=O) groups excluding carboxylic acids is 2. The Labute approximate surface area is 221 Å². The summed E-state index contributed by atoms with van der Waals surface area (Å²) in [4.78, 5) is 23.8. The van der Waals surface area contributed by atoms with Crippen LogP contribution in [-0.4, -0.2) is 36.4 Å². The lowest BCUT2D eigenvalue weighted by molar-refractivity contribution is -0.161. The van der Waals surface area contributed by atoms with E-state index in [2.05, 4.69) is 50.3 Å². The monoisotopic (exact) mass is 506 g/mol. The van der Waals surface area contributed by atoms with Gasteiger partial charge < -0.3 is 14.6 Å². The number of esters is 2. The molecule has 0 bridgehead atoms. The standard InChI is InChI=1S/C31H54O5/c1-3-5-7-9-10-11-12-13-14-15-16-17-18-19-20-22-24-26-31(34)36-29(27-32)28-35-30(33)25-23-21-8-6-4-2/h5,7,10-11,13-14,29,32H,3-4,6,8-9,12,15-28H2,1-2H3/b7-5-,11-10-,14-13-. The van der Waals surface area contributed by atoms with E-state index >= 15 is 0 Å². The van der Waals surface area contributed by atoms with E-state index in [1.807, 2.05) is 0 Å². The maximum atomic E-state index is 12.0. The molecule has 0 aliphatic carbocycles. The largest absolute Gasteiger partial charge is 0.462 e. The summed E-state index contributed by atoms with van der Waals surface area (Å²) in [6.45, 7) is 3.90. The summed E-state index contributed by atoms with van der Waals surface area (Å²) in [5, 5.41) is 9.40. The van der Waals surface area contributed by atoms with Crippen molar-refractivity contribution < 1.29 is 24.2 Å². The maximum absolute atomic E-state index is 12.0. The Kier molecular flexibility index (Phi) is 26.3. The van der Waals surface area contributed by atoms with Gasteiger partial charge in [-0.15, -0.1) is 0 Å². The molecule has 1 unspecified atom stereocenters. The molecule has 0 heterocycles. The minimum Gasteiger partial charge on any atom is -0.462 e. The van der Waals surface area contributed by atoms with Crippen molar-refractivity contribution in [2.45, 2.75) is 136 Å². The van der Waals surface area contributed by atoms with Crippen LogP contribution in [0.25, 0.3) is 0 Å². The Morgan fingerprint density at radius 2 is 1.19 bits per heavy atom. The van der Waals surface area contributed by atoms with Crippen LogP contribution < -0.4 is 0 Å². The Hall–Kier alpha value is -1.88. The van der Waals surface area contributed by atoms with E-state index in [0.717, 1.165) is 64.2 Å². The molecule has 5 nitrogen and oxygen atoms in total. The first kappa shape index (κ1) is 34.1. The smallest absolute Gasteiger partial charge is 0.306 e. The predicted octanol–water partition coefficient (Wildman–Crippen LogP) is 8.16. The van der Waals surface area contributed by atoms with Crippen molar-refractivity contribution in [2.24, 2.45) is 0 Å². The van der Waals surface area contributed by atoms with Crippen LogP contribution in [-0.2, 0) is 19.1 Å². The SMILES string of the molecule is CC/C=C\C/C=C\C/C=C\CCCCCCCCCC(=O)OC(CO)COC(=O)CCCCCCC. The number of aliphatic hydroxyl groups is 1. The molecule has 0 aromatic heterocycles. The van der Waals surface area contributed by atoms with Crippen molar-refractivity contribution in [3.05, 3.63) is 36.5 Å².